The summed E-state index contributed by atoms with van der Waals surface area (Å²) in [5.74, 6) is 0.358. The molecule has 0 radical (unpaired) electrons. The van der Waals surface area contributed by atoms with Crippen LogP contribution >= 0.6 is 11.3 Å². The first-order valence-electron chi connectivity index (χ1n) is 5.84. The van der Waals surface area contributed by atoms with E-state index in [1.165, 1.54) is 4.88 Å². The zero-order valence-corrected chi connectivity index (χ0v) is 10.7. The van der Waals surface area contributed by atoms with Gasteiger partial charge >= 0.3 is 0 Å². The maximum atomic E-state index is 11.5. The van der Waals surface area contributed by atoms with Gasteiger partial charge in [-0.25, -0.2) is 0 Å². The van der Waals surface area contributed by atoms with Crippen molar-refractivity contribution < 1.29 is 9.53 Å². The van der Waals surface area contributed by atoms with E-state index in [1.807, 2.05) is 6.92 Å². The van der Waals surface area contributed by atoms with Crippen molar-refractivity contribution in [2.75, 3.05) is 6.61 Å². The van der Waals surface area contributed by atoms with Crippen LogP contribution in [0.3, 0.4) is 0 Å². The molecule has 1 fully saturated rings. The lowest BCUT2D eigenvalue weighted by Crippen LogP contribution is -2.53. The summed E-state index contributed by atoms with van der Waals surface area (Å²) < 4.78 is 5.81. The lowest BCUT2D eigenvalue weighted by atomic mass is 9.64. The number of hydrogen-bond donors (Lipinski definition) is 0. The van der Waals surface area contributed by atoms with Crippen molar-refractivity contribution in [2.24, 2.45) is 5.41 Å². The fraction of sp³-hybridized carbons (Fsp3) is 0.615. The fourth-order valence-electron chi connectivity index (χ4n) is 2.10. The highest BCUT2D eigenvalue weighted by molar-refractivity contribution is 7.09. The van der Waals surface area contributed by atoms with Crippen LogP contribution in [0.15, 0.2) is 17.5 Å². The van der Waals surface area contributed by atoms with Crippen LogP contribution in [0.1, 0.15) is 31.6 Å². The van der Waals surface area contributed by atoms with Crippen LogP contribution in [0, 0.1) is 5.41 Å². The van der Waals surface area contributed by atoms with E-state index in [4.69, 9.17) is 4.74 Å². The number of hydrogen-bond acceptors (Lipinski definition) is 3. The van der Waals surface area contributed by atoms with Crippen molar-refractivity contribution in [2.45, 2.75) is 39.2 Å². The first-order valence-corrected chi connectivity index (χ1v) is 6.72. The molecule has 1 aliphatic rings. The van der Waals surface area contributed by atoms with Crippen molar-refractivity contribution >= 4 is 17.1 Å². The molecule has 1 saturated carbocycles. The molecule has 2 atom stereocenters. The highest BCUT2D eigenvalue weighted by atomic mass is 32.1. The minimum atomic E-state index is -0.213. The molecule has 0 saturated heterocycles. The predicted octanol–water partition coefficient (Wildman–Crippen LogP) is 3.06. The quantitative estimate of drug-likeness (QED) is 0.788. The maximum absolute atomic E-state index is 11.5. The van der Waals surface area contributed by atoms with Crippen LogP contribution in [-0.2, 0) is 16.0 Å². The molecule has 0 aromatic carbocycles. The minimum Gasteiger partial charge on any atom is -0.376 e. The Bertz CT molecular complexity index is 358. The smallest absolute Gasteiger partial charge is 0.143 e. The molecule has 1 aromatic heterocycles. The van der Waals surface area contributed by atoms with Gasteiger partial charge in [-0.1, -0.05) is 19.9 Å². The van der Waals surface area contributed by atoms with E-state index < -0.39 is 0 Å². The van der Waals surface area contributed by atoms with E-state index in [0.717, 1.165) is 19.4 Å². The van der Waals surface area contributed by atoms with Gasteiger partial charge in [0.05, 0.1) is 18.1 Å². The van der Waals surface area contributed by atoms with Crippen molar-refractivity contribution in [3.8, 4) is 0 Å². The van der Waals surface area contributed by atoms with Gasteiger partial charge in [0.2, 0.25) is 0 Å². The standard InChI is InChI=1S/C13H18O2S/c1-3-13(2)11(14)9-12(13)15-7-6-10-5-4-8-16-10/h4-5,8,12H,3,6-7,9H2,1-2H3. The van der Waals surface area contributed by atoms with E-state index in [9.17, 15) is 4.79 Å². The maximum Gasteiger partial charge on any atom is 0.143 e. The van der Waals surface area contributed by atoms with Crippen molar-refractivity contribution in [1.29, 1.82) is 0 Å². The molecule has 88 valence electrons. The third kappa shape index (κ3) is 2.06. The Morgan fingerprint density at radius 3 is 3.00 bits per heavy atom. The second kappa shape index (κ2) is 4.68. The number of Topliss-reactive ketones (excluding diaryl/α,β-unsaturated/α-hetero) is 1. The topological polar surface area (TPSA) is 26.3 Å². The van der Waals surface area contributed by atoms with E-state index in [1.54, 1.807) is 11.3 Å². The fourth-order valence-corrected chi connectivity index (χ4v) is 2.79. The SMILES string of the molecule is CCC1(C)C(=O)CC1OCCc1cccs1. The Labute approximate surface area is 101 Å². The van der Waals surface area contributed by atoms with Gasteiger partial charge in [-0.05, 0) is 17.9 Å². The summed E-state index contributed by atoms with van der Waals surface area (Å²) in [4.78, 5) is 12.9. The highest BCUT2D eigenvalue weighted by Crippen LogP contribution is 2.42. The number of carbonyl (C=O) groups excluding carboxylic acids is 1. The van der Waals surface area contributed by atoms with Gasteiger partial charge in [-0.3, -0.25) is 4.79 Å². The van der Waals surface area contributed by atoms with Crippen molar-refractivity contribution in [3.63, 3.8) is 0 Å². The largest absolute Gasteiger partial charge is 0.376 e. The minimum absolute atomic E-state index is 0.143. The molecular formula is C13H18O2S. The molecule has 0 N–H and O–H groups in total. The summed E-state index contributed by atoms with van der Waals surface area (Å²) in [5, 5.41) is 2.08. The van der Waals surface area contributed by atoms with Gasteiger partial charge in [0.25, 0.3) is 0 Å². The molecule has 1 aliphatic carbocycles. The van der Waals surface area contributed by atoms with Gasteiger partial charge in [-0.15, -0.1) is 11.3 Å². The number of ketones is 1. The van der Waals surface area contributed by atoms with Crippen molar-refractivity contribution in [3.05, 3.63) is 22.4 Å². The lowest BCUT2D eigenvalue weighted by Gasteiger charge is -2.44. The summed E-state index contributed by atoms with van der Waals surface area (Å²) in [5.41, 5.74) is -0.213. The average Bonchev–Trinajstić information content (AvgIpc) is 2.80. The molecule has 2 unspecified atom stereocenters. The molecule has 2 nitrogen and oxygen atoms in total. The monoisotopic (exact) mass is 238 g/mol. The molecule has 2 rings (SSSR count). The molecule has 0 bridgehead atoms. The van der Waals surface area contributed by atoms with Crippen LogP contribution in [0.5, 0.6) is 0 Å². The van der Waals surface area contributed by atoms with E-state index in [-0.39, 0.29) is 11.5 Å². The van der Waals surface area contributed by atoms with Crippen LogP contribution in [0.2, 0.25) is 0 Å². The zero-order valence-electron chi connectivity index (χ0n) is 9.86. The van der Waals surface area contributed by atoms with Crippen LogP contribution in [0.25, 0.3) is 0 Å². The van der Waals surface area contributed by atoms with Crippen LogP contribution in [0.4, 0.5) is 0 Å². The molecule has 0 aliphatic heterocycles. The molecule has 3 heteroatoms. The summed E-state index contributed by atoms with van der Waals surface area (Å²) in [7, 11) is 0. The Balaban J connectivity index is 1.77. The third-order valence-electron chi connectivity index (χ3n) is 3.70. The van der Waals surface area contributed by atoms with Crippen LogP contribution < -0.4 is 0 Å². The zero-order chi connectivity index (χ0) is 11.6. The normalized spacial score (nSPS) is 29.1. The predicted molar refractivity (Wildman–Crippen MR) is 65.8 cm³/mol. The second-order valence-electron chi connectivity index (χ2n) is 4.59. The average molecular weight is 238 g/mol. The van der Waals surface area contributed by atoms with Gasteiger partial charge in [0.1, 0.15) is 5.78 Å². The molecular weight excluding hydrogens is 220 g/mol. The molecule has 16 heavy (non-hydrogen) atoms. The molecule has 1 aromatic rings. The Morgan fingerprint density at radius 2 is 2.44 bits per heavy atom. The summed E-state index contributed by atoms with van der Waals surface area (Å²) in [6.07, 6.45) is 2.59. The van der Waals surface area contributed by atoms with E-state index in [2.05, 4.69) is 24.4 Å². The first-order chi connectivity index (χ1) is 7.66. The van der Waals surface area contributed by atoms with Gasteiger partial charge < -0.3 is 4.74 Å². The Hall–Kier alpha value is -0.670. The number of thiophene rings is 1. The van der Waals surface area contributed by atoms with E-state index >= 15 is 0 Å². The summed E-state index contributed by atoms with van der Waals surface area (Å²) in [6, 6.07) is 4.18. The number of rotatable bonds is 5. The van der Waals surface area contributed by atoms with Gasteiger partial charge in [0, 0.05) is 17.7 Å². The Morgan fingerprint density at radius 1 is 1.62 bits per heavy atom. The Kier molecular flexibility index (Phi) is 3.45. The second-order valence-corrected chi connectivity index (χ2v) is 5.62. The van der Waals surface area contributed by atoms with E-state index in [0.29, 0.717) is 12.2 Å². The summed E-state index contributed by atoms with van der Waals surface area (Å²) >= 11 is 1.76. The summed E-state index contributed by atoms with van der Waals surface area (Å²) in [6.45, 7) is 4.81. The molecule has 0 spiro atoms. The molecule has 0 amide bonds. The van der Waals surface area contributed by atoms with Gasteiger partial charge in [-0.2, -0.15) is 0 Å². The van der Waals surface area contributed by atoms with Gasteiger partial charge in [0.15, 0.2) is 0 Å². The number of ether oxygens (including phenoxy) is 1. The number of carbonyl (C=O) groups is 1. The van der Waals surface area contributed by atoms with Crippen LogP contribution in [-0.4, -0.2) is 18.5 Å². The third-order valence-corrected chi connectivity index (χ3v) is 4.64. The highest BCUT2D eigenvalue weighted by Gasteiger charge is 2.50. The molecule has 1 heterocycles. The van der Waals surface area contributed by atoms with Crippen molar-refractivity contribution in [1.82, 2.24) is 0 Å². The first kappa shape index (κ1) is 11.8. The lowest BCUT2D eigenvalue weighted by molar-refractivity contribution is -0.161.